The second-order valence-corrected chi connectivity index (χ2v) is 2.14. The van der Waals surface area contributed by atoms with Crippen LogP contribution in [0, 0.1) is 0 Å². The molecule has 0 aromatic rings. The van der Waals surface area contributed by atoms with Crippen LogP contribution >= 0.6 is 12.4 Å². The van der Waals surface area contributed by atoms with Crippen molar-refractivity contribution in [2.45, 2.75) is 25.7 Å². The molecule has 0 atom stereocenters. The van der Waals surface area contributed by atoms with E-state index in [2.05, 4.69) is 24.3 Å². The molecule has 2 heteroatoms. The Morgan fingerprint density at radius 1 is 0.800 bits per heavy atom. The molecule has 62 valence electrons. The molecular weight excluding hydrogens is 238 g/mol. The van der Waals surface area contributed by atoms with Crippen molar-refractivity contribution < 1.29 is 20.4 Å². The standard InChI is InChI=1S/C8H12.ClH.Pd/c1-2-4-6-8-7-5-3-1;;/h1-4H,5-8H2;1H;/b3-1-,4-2-;;. The van der Waals surface area contributed by atoms with Crippen molar-refractivity contribution in [3.05, 3.63) is 24.3 Å². The molecule has 0 bridgehead atoms. The van der Waals surface area contributed by atoms with E-state index in [1.165, 1.54) is 25.7 Å². The maximum Gasteiger partial charge on any atom is 0 e. The van der Waals surface area contributed by atoms with Gasteiger partial charge in [0.1, 0.15) is 0 Å². The van der Waals surface area contributed by atoms with Gasteiger partial charge < -0.3 is 0 Å². The predicted octanol–water partition coefficient (Wildman–Crippen LogP) is 3.09. The van der Waals surface area contributed by atoms with Crippen LogP contribution in [0.25, 0.3) is 0 Å². The van der Waals surface area contributed by atoms with Crippen LogP contribution in [0.5, 0.6) is 0 Å². The van der Waals surface area contributed by atoms with Gasteiger partial charge in [0.2, 0.25) is 0 Å². The summed E-state index contributed by atoms with van der Waals surface area (Å²) in [5.41, 5.74) is 0. The van der Waals surface area contributed by atoms with Gasteiger partial charge in [0, 0.05) is 20.4 Å². The van der Waals surface area contributed by atoms with Crippen LogP contribution in [0.15, 0.2) is 24.3 Å². The quantitative estimate of drug-likeness (QED) is 0.580. The molecule has 0 unspecified atom stereocenters. The Bertz CT molecular complexity index is 93.8. The third-order valence-electron chi connectivity index (χ3n) is 1.37. The molecule has 0 nitrogen and oxygen atoms in total. The Labute approximate surface area is 82.8 Å². The molecule has 0 N–H and O–H groups in total. The van der Waals surface area contributed by atoms with Crippen LogP contribution in [0.1, 0.15) is 25.7 Å². The van der Waals surface area contributed by atoms with Crippen LogP contribution in [0.4, 0.5) is 0 Å². The summed E-state index contributed by atoms with van der Waals surface area (Å²) in [5, 5.41) is 0. The second-order valence-electron chi connectivity index (χ2n) is 2.14. The molecule has 0 saturated heterocycles. The monoisotopic (exact) mass is 250 g/mol. The van der Waals surface area contributed by atoms with Crippen LogP contribution < -0.4 is 0 Å². The Morgan fingerprint density at radius 2 is 1.20 bits per heavy atom. The van der Waals surface area contributed by atoms with Gasteiger partial charge in [-0.25, -0.2) is 0 Å². The second kappa shape index (κ2) is 9.43. The fourth-order valence-corrected chi connectivity index (χ4v) is 0.874. The molecule has 1 rings (SSSR count). The topological polar surface area (TPSA) is 0 Å². The fraction of sp³-hybridized carbons (Fsp3) is 0.500. The molecule has 0 spiro atoms. The Kier molecular flexibility index (Phi) is 12.3. The van der Waals surface area contributed by atoms with Gasteiger partial charge in [0.05, 0.1) is 0 Å². The Morgan fingerprint density at radius 3 is 1.60 bits per heavy atom. The van der Waals surface area contributed by atoms with Crippen molar-refractivity contribution in [2.24, 2.45) is 0 Å². The minimum absolute atomic E-state index is 0. The summed E-state index contributed by atoms with van der Waals surface area (Å²) in [6.07, 6.45) is 14.0. The van der Waals surface area contributed by atoms with E-state index in [0.29, 0.717) is 0 Å². The number of rotatable bonds is 0. The van der Waals surface area contributed by atoms with Crippen molar-refractivity contribution in [3.8, 4) is 0 Å². The zero-order valence-electron chi connectivity index (χ0n) is 5.86. The minimum atomic E-state index is 0. The van der Waals surface area contributed by atoms with Gasteiger partial charge in [-0.05, 0) is 25.7 Å². The molecule has 0 saturated carbocycles. The zero-order valence-corrected chi connectivity index (χ0v) is 8.23. The summed E-state index contributed by atoms with van der Waals surface area (Å²) in [5.74, 6) is 0. The first-order valence-corrected chi connectivity index (χ1v) is 3.32. The van der Waals surface area contributed by atoms with Crippen molar-refractivity contribution in [1.82, 2.24) is 0 Å². The van der Waals surface area contributed by atoms with Crippen molar-refractivity contribution >= 4 is 12.4 Å². The number of allylic oxidation sites excluding steroid dienone is 4. The Hall–Kier alpha value is 0.432. The molecule has 0 aliphatic heterocycles. The molecule has 0 aromatic carbocycles. The van der Waals surface area contributed by atoms with Gasteiger partial charge in [-0.1, -0.05) is 24.3 Å². The van der Waals surface area contributed by atoms with Crippen molar-refractivity contribution in [1.29, 1.82) is 0 Å². The number of hydrogen-bond acceptors (Lipinski definition) is 0. The summed E-state index contributed by atoms with van der Waals surface area (Å²) in [7, 11) is 0. The van der Waals surface area contributed by atoms with Crippen LogP contribution in [0.2, 0.25) is 0 Å². The zero-order chi connectivity index (χ0) is 5.66. The largest absolute Gasteiger partial charge is 0.147 e. The van der Waals surface area contributed by atoms with E-state index in [1.54, 1.807) is 0 Å². The van der Waals surface area contributed by atoms with Gasteiger partial charge in [-0.15, -0.1) is 12.4 Å². The summed E-state index contributed by atoms with van der Waals surface area (Å²) >= 11 is 0. The summed E-state index contributed by atoms with van der Waals surface area (Å²) in [6.45, 7) is 0. The summed E-state index contributed by atoms with van der Waals surface area (Å²) in [6, 6.07) is 0. The van der Waals surface area contributed by atoms with Gasteiger partial charge in [-0.2, -0.15) is 0 Å². The van der Waals surface area contributed by atoms with Gasteiger partial charge in [0.25, 0.3) is 0 Å². The average Bonchev–Trinajstić information content (AvgIpc) is 1.62. The molecular formula is C8H13ClPd. The normalized spacial score (nSPS) is 22.4. The van der Waals surface area contributed by atoms with Gasteiger partial charge in [0.15, 0.2) is 0 Å². The third-order valence-corrected chi connectivity index (χ3v) is 1.37. The van der Waals surface area contributed by atoms with Crippen molar-refractivity contribution in [3.63, 3.8) is 0 Å². The molecule has 0 fully saturated rings. The maximum atomic E-state index is 2.23. The molecule has 0 aromatic heterocycles. The summed E-state index contributed by atoms with van der Waals surface area (Å²) < 4.78 is 0. The van der Waals surface area contributed by atoms with E-state index in [1.807, 2.05) is 0 Å². The minimum Gasteiger partial charge on any atom is -0.147 e. The smallest absolute Gasteiger partial charge is 0 e. The third kappa shape index (κ3) is 6.55. The van der Waals surface area contributed by atoms with E-state index >= 15 is 0 Å². The fourth-order valence-electron chi connectivity index (χ4n) is 0.874. The van der Waals surface area contributed by atoms with E-state index < -0.39 is 0 Å². The average molecular weight is 251 g/mol. The molecule has 1 aliphatic carbocycles. The van der Waals surface area contributed by atoms with Crippen LogP contribution in [0.3, 0.4) is 0 Å². The SMILES string of the molecule is C1=C\CCCC\C=C/1.Cl.[Pd]. The van der Waals surface area contributed by atoms with Crippen LogP contribution in [-0.2, 0) is 20.4 Å². The first kappa shape index (κ1) is 13.1. The van der Waals surface area contributed by atoms with Gasteiger partial charge >= 0.3 is 0 Å². The number of hydrogen-bond donors (Lipinski definition) is 0. The van der Waals surface area contributed by atoms with E-state index in [-0.39, 0.29) is 32.8 Å². The van der Waals surface area contributed by atoms with E-state index in [9.17, 15) is 0 Å². The van der Waals surface area contributed by atoms with E-state index in [0.717, 1.165) is 0 Å². The molecule has 0 amide bonds. The van der Waals surface area contributed by atoms with Crippen LogP contribution in [-0.4, -0.2) is 0 Å². The van der Waals surface area contributed by atoms with E-state index in [4.69, 9.17) is 0 Å². The number of halogens is 1. The molecule has 0 heterocycles. The predicted molar refractivity (Wildman–Crippen MR) is 44.0 cm³/mol. The first-order chi connectivity index (χ1) is 4.00. The summed E-state index contributed by atoms with van der Waals surface area (Å²) in [4.78, 5) is 0. The van der Waals surface area contributed by atoms with Gasteiger partial charge in [-0.3, -0.25) is 0 Å². The van der Waals surface area contributed by atoms with Crippen molar-refractivity contribution in [2.75, 3.05) is 0 Å². The molecule has 0 radical (unpaired) electrons. The first-order valence-electron chi connectivity index (χ1n) is 3.32. The Balaban J connectivity index is 0. The molecule has 1 aliphatic rings. The molecule has 10 heavy (non-hydrogen) atoms. The maximum absolute atomic E-state index is 2.23.